The predicted octanol–water partition coefficient (Wildman–Crippen LogP) is -0.565. The zero-order valence-electron chi connectivity index (χ0n) is 8.86. The van der Waals surface area contributed by atoms with Crippen LogP contribution >= 0.6 is 0 Å². The number of hydrogen-bond acceptors (Lipinski definition) is 5. The van der Waals surface area contributed by atoms with E-state index in [0.29, 0.717) is 11.5 Å². The van der Waals surface area contributed by atoms with Gasteiger partial charge in [-0.15, -0.1) is 0 Å². The fraction of sp³-hybridized carbons (Fsp3) is 0.300. The highest BCUT2D eigenvalue weighted by Gasteiger charge is 2.24. The standard InChI is InChI=1S/C10H12N4O2/c1-6-2-3-12-10(9(6)11)14-4-7(15)13-8(16)5-14/h2-3H,4-5,11H2,1H3,(H,13,15,16). The van der Waals surface area contributed by atoms with Crippen molar-refractivity contribution in [2.75, 3.05) is 23.7 Å². The lowest BCUT2D eigenvalue weighted by atomic mass is 10.2. The molecule has 84 valence electrons. The normalized spacial score (nSPS) is 16.2. The molecule has 0 spiro atoms. The molecule has 0 unspecified atom stereocenters. The molecule has 0 bridgehead atoms. The predicted molar refractivity (Wildman–Crippen MR) is 58.7 cm³/mol. The van der Waals surface area contributed by atoms with E-state index in [1.165, 1.54) is 0 Å². The maximum Gasteiger partial charge on any atom is 0.246 e. The summed E-state index contributed by atoms with van der Waals surface area (Å²) in [6.07, 6.45) is 1.61. The van der Waals surface area contributed by atoms with Crippen molar-refractivity contribution in [3.63, 3.8) is 0 Å². The number of carbonyl (C=O) groups excluding carboxylic acids is 2. The molecule has 1 fully saturated rings. The van der Waals surface area contributed by atoms with Crippen molar-refractivity contribution in [2.45, 2.75) is 6.92 Å². The Morgan fingerprint density at radius 1 is 1.38 bits per heavy atom. The lowest BCUT2D eigenvalue weighted by molar-refractivity contribution is -0.130. The highest BCUT2D eigenvalue weighted by atomic mass is 16.2. The molecule has 1 saturated heterocycles. The molecule has 0 aliphatic carbocycles. The fourth-order valence-corrected chi connectivity index (χ4v) is 1.59. The van der Waals surface area contributed by atoms with Crippen LogP contribution in [0, 0.1) is 6.92 Å². The molecule has 1 aromatic heterocycles. The third-order valence-corrected chi connectivity index (χ3v) is 2.43. The van der Waals surface area contributed by atoms with E-state index in [1.54, 1.807) is 17.2 Å². The van der Waals surface area contributed by atoms with Crippen molar-refractivity contribution >= 4 is 23.3 Å². The van der Waals surface area contributed by atoms with Gasteiger partial charge in [0.1, 0.15) is 0 Å². The second-order valence-corrected chi connectivity index (χ2v) is 3.69. The molecular weight excluding hydrogens is 208 g/mol. The number of piperazine rings is 1. The first kappa shape index (κ1) is 10.4. The van der Waals surface area contributed by atoms with Crippen LogP contribution in [0.1, 0.15) is 5.56 Å². The summed E-state index contributed by atoms with van der Waals surface area (Å²) in [5.74, 6) is -0.180. The first-order chi connectivity index (χ1) is 7.58. The van der Waals surface area contributed by atoms with Gasteiger partial charge in [-0.1, -0.05) is 0 Å². The zero-order chi connectivity index (χ0) is 11.7. The van der Waals surface area contributed by atoms with Gasteiger partial charge in [-0.3, -0.25) is 14.9 Å². The summed E-state index contributed by atoms with van der Waals surface area (Å²) < 4.78 is 0. The van der Waals surface area contributed by atoms with Crippen molar-refractivity contribution in [3.05, 3.63) is 17.8 Å². The van der Waals surface area contributed by atoms with E-state index < -0.39 is 0 Å². The van der Waals surface area contributed by atoms with Gasteiger partial charge in [-0.2, -0.15) is 0 Å². The molecule has 0 radical (unpaired) electrons. The SMILES string of the molecule is Cc1ccnc(N2CC(=O)NC(=O)C2)c1N. The molecule has 2 rings (SSSR count). The number of hydrogen-bond donors (Lipinski definition) is 2. The van der Waals surface area contributed by atoms with Crippen LogP contribution in [-0.2, 0) is 9.59 Å². The second-order valence-electron chi connectivity index (χ2n) is 3.69. The van der Waals surface area contributed by atoms with Gasteiger partial charge < -0.3 is 10.6 Å². The van der Waals surface area contributed by atoms with Crippen molar-refractivity contribution in [1.29, 1.82) is 0 Å². The molecule has 0 saturated carbocycles. The van der Waals surface area contributed by atoms with Gasteiger partial charge in [0.05, 0.1) is 18.8 Å². The van der Waals surface area contributed by atoms with Crippen LogP contribution in [0.15, 0.2) is 12.3 Å². The summed E-state index contributed by atoms with van der Waals surface area (Å²) in [6.45, 7) is 2.06. The number of nitrogens with one attached hydrogen (secondary N) is 1. The van der Waals surface area contributed by atoms with E-state index in [-0.39, 0.29) is 24.9 Å². The number of carbonyl (C=O) groups is 2. The molecule has 1 aromatic rings. The minimum absolute atomic E-state index is 0.104. The molecular formula is C10H12N4O2. The van der Waals surface area contributed by atoms with E-state index in [1.807, 2.05) is 6.92 Å². The number of nitrogens with two attached hydrogens (primary N) is 1. The number of aromatic nitrogens is 1. The van der Waals surface area contributed by atoms with Gasteiger partial charge in [-0.05, 0) is 18.6 Å². The van der Waals surface area contributed by atoms with Gasteiger partial charge in [-0.25, -0.2) is 4.98 Å². The van der Waals surface area contributed by atoms with Crippen LogP contribution in [-0.4, -0.2) is 29.9 Å². The Bertz CT molecular complexity index is 442. The largest absolute Gasteiger partial charge is 0.396 e. The molecule has 0 aromatic carbocycles. The molecule has 6 heteroatoms. The lowest BCUT2D eigenvalue weighted by Crippen LogP contribution is -2.52. The number of rotatable bonds is 1. The minimum Gasteiger partial charge on any atom is -0.396 e. The molecule has 1 aliphatic heterocycles. The number of pyridine rings is 1. The summed E-state index contributed by atoms with van der Waals surface area (Å²) in [4.78, 5) is 28.1. The molecule has 16 heavy (non-hydrogen) atoms. The second kappa shape index (κ2) is 3.80. The van der Waals surface area contributed by atoms with Crippen LogP contribution in [0.25, 0.3) is 0 Å². The molecule has 2 heterocycles. The molecule has 3 N–H and O–H groups in total. The number of aryl methyl sites for hydroxylation is 1. The van der Waals surface area contributed by atoms with Crippen molar-refractivity contribution in [3.8, 4) is 0 Å². The van der Waals surface area contributed by atoms with Crippen LogP contribution in [0.2, 0.25) is 0 Å². The van der Waals surface area contributed by atoms with E-state index in [4.69, 9.17) is 5.73 Å². The number of nitrogens with zero attached hydrogens (tertiary/aromatic N) is 2. The van der Waals surface area contributed by atoms with Gasteiger partial charge in [0.2, 0.25) is 11.8 Å². The monoisotopic (exact) mass is 220 g/mol. The Morgan fingerprint density at radius 2 is 2.00 bits per heavy atom. The summed E-state index contributed by atoms with van der Waals surface area (Å²) >= 11 is 0. The Kier molecular flexibility index (Phi) is 2.47. The van der Waals surface area contributed by atoms with E-state index in [0.717, 1.165) is 5.56 Å². The summed E-state index contributed by atoms with van der Waals surface area (Å²) in [5, 5.41) is 2.22. The van der Waals surface area contributed by atoms with E-state index in [9.17, 15) is 9.59 Å². The highest BCUT2D eigenvalue weighted by Crippen LogP contribution is 2.23. The zero-order valence-corrected chi connectivity index (χ0v) is 8.86. The Labute approximate surface area is 92.4 Å². The van der Waals surface area contributed by atoms with Crippen LogP contribution in [0.5, 0.6) is 0 Å². The maximum absolute atomic E-state index is 11.2. The maximum atomic E-state index is 11.2. The first-order valence-corrected chi connectivity index (χ1v) is 4.86. The first-order valence-electron chi connectivity index (χ1n) is 4.86. The third-order valence-electron chi connectivity index (χ3n) is 2.43. The average Bonchev–Trinajstić information content (AvgIpc) is 2.20. The fourth-order valence-electron chi connectivity index (χ4n) is 1.59. The number of imide groups is 1. The topological polar surface area (TPSA) is 88.3 Å². The Balaban J connectivity index is 2.33. The average molecular weight is 220 g/mol. The summed E-state index contributed by atoms with van der Waals surface area (Å²) in [6, 6.07) is 1.78. The van der Waals surface area contributed by atoms with Gasteiger partial charge in [0, 0.05) is 6.20 Å². The highest BCUT2D eigenvalue weighted by molar-refractivity contribution is 6.03. The molecule has 2 amide bonds. The summed E-state index contributed by atoms with van der Waals surface area (Å²) in [5.41, 5.74) is 7.24. The molecule has 1 aliphatic rings. The Hall–Kier alpha value is -2.11. The third kappa shape index (κ3) is 1.81. The number of amides is 2. The smallest absolute Gasteiger partial charge is 0.246 e. The van der Waals surface area contributed by atoms with Gasteiger partial charge in [0.25, 0.3) is 0 Å². The van der Waals surface area contributed by atoms with Crippen LogP contribution in [0.4, 0.5) is 11.5 Å². The van der Waals surface area contributed by atoms with Gasteiger partial charge >= 0.3 is 0 Å². The Morgan fingerprint density at radius 3 is 2.62 bits per heavy atom. The van der Waals surface area contributed by atoms with Crippen molar-refractivity contribution in [1.82, 2.24) is 10.3 Å². The van der Waals surface area contributed by atoms with Crippen LogP contribution in [0.3, 0.4) is 0 Å². The molecule has 0 atom stereocenters. The number of anilines is 2. The van der Waals surface area contributed by atoms with Crippen molar-refractivity contribution < 1.29 is 9.59 Å². The van der Waals surface area contributed by atoms with Gasteiger partial charge in [0.15, 0.2) is 5.82 Å². The quantitative estimate of drug-likeness (QED) is 0.619. The van der Waals surface area contributed by atoms with Crippen LogP contribution < -0.4 is 16.0 Å². The van der Waals surface area contributed by atoms with Crippen molar-refractivity contribution in [2.24, 2.45) is 0 Å². The summed E-state index contributed by atoms with van der Waals surface area (Å²) in [7, 11) is 0. The number of nitrogen functional groups attached to an aromatic ring is 1. The molecule has 6 nitrogen and oxygen atoms in total. The lowest BCUT2D eigenvalue weighted by Gasteiger charge is -2.27. The van der Waals surface area contributed by atoms with E-state index >= 15 is 0 Å². The minimum atomic E-state index is -0.334. The van der Waals surface area contributed by atoms with E-state index in [2.05, 4.69) is 10.3 Å².